The Morgan fingerprint density at radius 2 is 1.93 bits per heavy atom. The van der Waals surface area contributed by atoms with Crippen LogP contribution in [0.25, 0.3) is 0 Å². The first-order chi connectivity index (χ1) is 6.31. The summed E-state index contributed by atoms with van der Waals surface area (Å²) < 4.78 is 18.7. The zero-order chi connectivity index (χ0) is 10.9. The monoisotopic (exact) mass is 229 g/mol. The zero-order valence-corrected chi connectivity index (χ0v) is 7.78. The molecule has 14 heavy (non-hydrogen) atoms. The summed E-state index contributed by atoms with van der Waals surface area (Å²) in [6.45, 7) is -0.400. The predicted molar refractivity (Wildman–Crippen MR) is 38.7 cm³/mol. The van der Waals surface area contributed by atoms with Gasteiger partial charge in [0, 0.05) is 0 Å². The Kier molecular flexibility index (Phi) is 3.62. The Labute approximate surface area is 78.9 Å². The number of hydrogen-bond acceptors (Lipinski definition) is 7. The average molecular weight is 229 g/mol. The molecule has 0 aromatic rings. The van der Waals surface area contributed by atoms with Gasteiger partial charge in [0.15, 0.2) is 6.29 Å². The van der Waals surface area contributed by atoms with Gasteiger partial charge in [0.1, 0.15) is 18.3 Å². The van der Waals surface area contributed by atoms with Crippen LogP contribution in [0.4, 0.5) is 0 Å². The van der Waals surface area contributed by atoms with Crippen LogP contribution in [0.1, 0.15) is 0 Å². The van der Waals surface area contributed by atoms with Gasteiger partial charge in [0.25, 0.3) is 7.82 Å². The lowest BCUT2D eigenvalue weighted by molar-refractivity contribution is -0.280. The minimum absolute atomic E-state index is 0.400. The van der Waals surface area contributed by atoms with Gasteiger partial charge in [0.2, 0.25) is 0 Å². The van der Waals surface area contributed by atoms with E-state index in [4.69, 9.17) is 20.2 Å². The first kappa shape index (κ1) is 12.0. The van der Waals surface area contributed by atoms with Crippen molar-refractivity contribution in [3.05, 3.63) is 0 Å². The molecule has 0 aromatic heterocycles. The van der Waals surface area contributed by atoms with Gasteiger partial charge in [-0.25, -0.2) is 0 Å². The van der Waals surface area contributed by atoms with Gasteiger partial charge in [-0.15, -0.1) is 0 Å². The van der Waals surface area contributed by atoms with Gasteiger partial charge in [0.05, 0.1) is 6.61 Å². The Hall–Kier alpha value is -0.0500. The number of aliphatic hydroxyl groups excluding tert-OH is 3. The van der Waals surface area contributed by atoms with Crippen LogP contribution in [0, 0.1) is 0 Å². The number of aliphatic hydroxyl groups is 3. The molecule has 0 spiro atoms. The Bertz CT molecular complexity index is 238. The highest BCUT2D eigenvalue weighted by molar-refractivity contribution is 7.44. The van der Waals surface area contributed by atoms with Gasteiger partial charge < -0.3 is 29.8 Å². The van der Waals surface area contributed by atoms with E-state index in [-0.39, 0.29) is 0 Å². The summed E-state index contributed by atoms with van der Waals surface area (Å²) in [5.41, 5.74) is 0. The topological polar surface area (TPSA) is 140 Å². The van der Waals surface area contributed by atoms with E-state index in [9.17, 15) is 9.46 Å². The summed E-state index contributed by atoms with van der Waals surface area (Å²) in [5, 5.41) is 27.2. The van der Waals surface area contributed by atoms with Crippen LogP contribution in [0.5, 0.6) is 0 Å². The summed E-state index contributed by atoms with van der Waals surface area (Å²) in [7, 11) is -5.05. The number of phosphoric acid groups is 1. The molecule has 1 aliphatic rings. The molecule has 0 bridgehead atoms. The van der Waals surface area contributed by atoms with Crippen molar-refractivity contribution >= 4 is 7.82 Å². The van der Waals surface area contributed by atoms with E-state index < -0.39 is 39.0 Å². The van der Waals surface area contributed by atoms with Crippen molar-refractivity contribution in [2.45, 2.75) is 24.6 Å². The fourth-order valence-electron chi connectivity index (χ4n) is 1.00. The van der Waals surface area contributed by atoms with E-state index in [0.29, 0.717) is 0 Å². The average Bonchev–Trinajstić information content (AvgIpc) is 2.04. The minimum atomic E-state index is -5.05. The van der Waals surface area contributed by atoms with Crippen molar-refractivity contribution in [3.8, 4) is 0 Å². The quantitative estimate of drug-likeness (QED) is 0.365. The summed E-state index contributed by atoms with van der Waals surface area (Å²) in [5.74, 6) is 0. The molecular formula is C5H10O8P-. The molecule has 2 unspecified atom stereocenters. The van der Waals surface area contributed by atoms with Gasteiger partial charge in [-0.1, -0.05) is 0 Å². The molecule has 1 saturated heterocycles. The van der Waals surface area contributed by atoms with E-state index in [1.54, 1.807) is 0 Å². The molecule has 0 saturated carbocycles. The van der Waals surface area contributed by atoms with Crippen LogP contribution in [-0.4, -0.2) is 51.4 Å². The fraction of sp³-hybridized carbons (Fsp3) is 1.00. The third-order valence-electron chi connectivity index (χ3n) is 1.69. The first-order valence-electron chi connectivity index (χ1n) is 3.69. The van der Waals surface area contributed by atoms with E-state index in [1.165, 1.54) is 0 Å². The lowest BCUT2D eigenvalue weighted by Gasteiger charge is -2.36. The molecule has 8 nitrogen and oxygen atoms in total. The van der Waals surface area contributed by atoms with Crippen molar-refractivity contribution < 1.29 is 38.9 Å². The van der Waals surface area contributed by atoms with Crippen LogP contribution in [-0.2, 0) is 13.8 Å². The van der Waals surface area contributed by atoms with Crippen molar-refractivity contribution in [3.63, 3.8) is 0 Å². The van der Waals surface area contributed by atoms with Gasteiger partial charge in [-0.3, -0.25) is 9.09 Å². The Morgan fingerprint density at radius 1 is 1.36 bits per heavy atom. The Balaban J connectivity index is 2.60. The molecular weight excluding hydrogens is 219 g/mol. The molecule has 0 aliphatic carbocycles. The SMILES string of the molecule is O=P([O-])(O)O[C@H]1OC[C@@H](O)[C@H](O)C1O. The van der Waals surface area contributed by atoms with Crippen LogP contribution < -0.4 is 4.89 Å². The minimum Gasteiger partial charge on any atom is -0.756 e. The highest BCUT2D eigenvalue weighted by Gasteiger charge is 2.39. The second-order valence-electron chi connectivity index (χ2n) is 2.82. The summed E-state index contributed by atoms with van der Waals surface area (Å²) in [6, 6.07) is 0. The number of rotatable bonds is 2. The maximum atomic E-state index is 10.3. The van der Waals surface area contributed by atoms with Crippen LogP contribution in [0.3, 0.4) is 0 Å². The van der Waals surface area contributed by atoms with E-state index in [1.807, 2.05) is 0 Å². The number of hydrogen-bond donors (Lipinski definition) is 4. The van der Waals surface area contributed by atoms with Gasteiger partial charge >= 0.3 is 0 Å². The maximum Gasteiger partial charge on any atom is 0.267 e. The third-order valence-corrected chi connectivity index (χ3v) is 2.17. The summed E-state index contributed by atoms with van der Waals surface area (Å²) in [6.07, 6.45) is -6.36. The lowest BCUT2D eigenvalue weighted by atomic mass is 10.1. The molecule has 1 rings (SSSR count). The molecule has 0 amide bonds. The van der Waals surface area contributed by atoms with Crippen LogP contribution >= 0.6 is 7.82 Å². The predicted octanol–water partition coefficient (Wildman–Crippen LogP) is -3.10. The van der Waals surface area contributed by atoms with Crippen molar-refractivity contribution in [2.75, 3.05) is 6.61 Å². The van der Waals surface area contributed by atoms with Crippen LogP contribution in [0.15, 0.2) is 0 Å². The molecule has 4 N–H and O–H groups in total. The van der Waals surface area contributed by atoms with E-state index >= 15 is 0 Å². The van der Waals surface area contributed by atoms with E-state index in [2.05, 4.69) is 9.26 Å². The van der Waals surface area contributed by atoms with Gasteiger partial charge in [-0.05, 0) is 0 Å². The molecule has 9 heteroatoms. The highest BCUT2D eigenvalue weighted by atomic mass is 31.2. The molecule has 84 valence electrons. The van der Waals surface area contributed by atoms with Crippen molar-refractivity contribution in [1.82, 2.24) is 0 Å². The van der Waals surface area contributed by atoms with E-state index in [0.717, 1.165) is 0 Å². The molecule has 0 radical (unpaired) electrons. The first-order valence-corrected chi connectivity index (χ1v) is 5.19. The standard InChI is InChI=1S/C5H11O8P/c6-2-1-12-5(4(8)3(2)7)13-14(9,10)11/h2-8H,1H2,(H2,9,10,11)/p-1/t2-,3+,4?,5-/m1/s1. The maximum absolute atomic E-state index is 10.3. The normalized spacial score (nSPS) is 43.2. The summed E-state index contributed by atoms with van der Waals surface area (Å²) in [4.78, 5) is 18.5. The smallest absolute Gasteiger partial charge is 0.267 e. The largest absolute Gasteiger partial charge is 0.756 e. The molecule has 1 fully saturated rings. The van der Waals surface area contributed by atoms with Crippen molar-refractivity contribution in [1.29, 1.82) is 0 Å². The third kappa shape index (κ3) is 2.97. The second kappa shape index (κ2) is 4.21. The number of phosphoric ester groups is 1. The van der Waals surface area contributed by atoms with Gasteiger partial charge in [-0.2, -0.15) is 0 Å². The van der Waals surface area contributed by atoms with Crippen molar-refractivity contribution in [2.24, 2.45) is 0 Å². The molecule has 5 atom stereocenters. The molecule has 1 aliphatic heterocycles. The summed E-state index contributed by atoms with van der Waals surface area (Å²) >= 11 is 0. The Morgan fingerprint density at radius 3 is 2.43 bits per heavy atom. The lowest BCUT2D eigenvalue weighted by Crippen LogP contribution is -2.53. The molecule has 0 aromatic carbocycles. The highest BCUT2D eigenvalue weighted by Crippen LogP contribution is 2.35. The molecule has 1 heterocycles. The van der Waals surface area contributed by atoms with Crippen LogP contribution in [0.2, 0.25) is 0 Å². The fourth-order valence-corrected chi connectivity index (χ4v) is 1.45. The number of ether oxygens (including phenoxy) is 1. The second-order valence-corrected chi connectivity index (χ2v) is 3.97. The zero-order valence-electron chi connectivity index (χ0n) is 6.89.